The van der Waals surface area contributed by atoms with Gasteiger partial charge in [0.1, 0.15) is 17.2 Å². The molecule has 0 aliphatic heterocycles. The fourth-order valence-electron chi connectivity index (χ4n) is 3.04. The Labute approximate surface area is 171 Å². The van der Waals surface area contributed by atoms with Crippen molar-refractivity contribution in [3.8, 4) is 22.8 Å². The molecule has 1 heterocycles. The third-order valence-electron chi connectivity index (χ3n) is 4.47. The number of methoxy groups -OCH3 is 2. The predicted octanol–water partition coefficient (Wildman–Crippen LogP) is 6.14. The summed E-state index contributed by atoms with van der Waals surface area (Å²) < 4.78 is 30.3. The Morgan fingerprint density at radius 2 is 1.69 bits per heavy atom. The molecule has 4 aromatic rings. The highest BCUT2D eigenvalue weighted by atomic mass is 35.5. The number of hydrogen-bond acceptors (Lipinski definition) is 4. The summed E-state index contributed by atoms with van der Waals surface area (Å²) in [6, 6.07) is 19.3. The average Bonchev–Trinajstić information content (AvgIpc) is 2.75. The Bertz CT molecular complexity index is 1270. The maximum Gasteiger partial charge on any atom is 0.161 e. The number of fused-ring (bicyclic) bond motifs is 1. The molecule has 0 unspecified atom stereocenters. The van der Waals surface area contributed by atoms with Gasteiger partial charge in [0.25, 0.3) is 0 Å². The Morgan fingerprint density at radius 1 is 0.897 bits per heavy atom. The smallest absolute Gasteiger partial charge is 0.161 e. The van der Waals surface area contributed by atoms with Crippen LogP contribution in [-0.4, -0.2) is 14.2 Å². The van der Waals surface area contributed by atoms with Crippen LogP contribution in [0.3, 0.4) is 0 Å². The Balaban J connectivity index is 1.94. The van der Waals surface area contributed by atoms with Crippen LogP contribution in [0.15, 0.2) is 76.1 Å². The van der Waals surface area contributed by atoms with Crippen LogP contribution in [0.25, 0.3) is 22.3 Å². The molecule has 0 amide bonds. The quantitative estimate of drug-likeness (QED) is 0.406. The van der Waals surface area contributed by atoms with Gasteiger partial charge in [0.2, 0.25) is 0 Å². The van der Waals surface area contributed by atoms with Crippen LogP contribution in [0.1, 0.15) is 0 Å². The van der Waals surface area contributed by atoms with E-state index in [1.54, 1.807) is 20.3 Å². The molecule has 6 heteroatoms. The summed E-state index contributed by atoms with van der Waals surface area (Å²) in [5, 5.41) is 1.53. The third-order valence-corrected chi connectivity index (χ3v) is 4.76. The van der Waals surface area contributed by atoms with Crippen molar-refractivity contribution in [1.82, 2.24) is 0 Å². The highest BCUT2D eigenvalue weighted by Gasteiger charge is 2.10. The van der Waals surface area contributed by atoms with Crippen LogP contribution in [0.2, 0.25) is 5.02 Å². The van der Waals surface area contributed by atoms with Gasteiger partial charge in [-0.25, -0.2) is 9.38 Å². The van der Waals surface area contributed by atoms with E-state index in [9.17, 15) is 4.39 Å². The van der Waals surface area contributed by atoms with E-state index in [1.807, 2.05) is 48.5 Å². The standard InChI is InChI=1S/C23H17ClFNO3/c1-27-21-10-7-14(11-23(21)28-2)22-13-19(16-5-3-4-6-20(16)29-22)26-15-8-9-18(25)17(24)12-15/h3-13H,1-2H3. The lowest BCUT2D eigenvalue weighted by Crippen LogP contribution is -2.03. The van der Waals surface area contributed by atoms with Crippen LogP contribution < -0.4 is 14.8 Å². The zero-order valence-electron chi connectivity index (χ0n) is 15.8. The summed E-state index contributed by atoms with van der Waals surface area (Å²) in [4.78, 5) is 4.67. The van der Waals surface area contributed by atoms with Crippen LogP contribution in [0.4, 0.5) is 10.1 Å². The molecule has 4 rings (SSSR count). The average molecular weight is 410 g/mol. The summed E-state index contributed by atoms with van der Waals surface area (Å²) in [5.41, 5.74) is 2.03. The minimum atomic E-state index is -0.482. The van der Waals surface area contributed by atoms with E-state index >= 15 is 0 Å². The van der Waals surface area contributed by atoms with Gasteiger partial charge >= 0.3 is 0 Å². The number of nitrogens with zero attached hydrogens (tertiary/aromatic N) is 1. The first kappa shape index (κ1) is 19.0. The van der Waals surface area contributed by atoms with E-state index < -0.39 is 5.82 Å². The molecule has 0 N–H and O–H groups in total. The lowest BCUT2D eigenvalue weighted by molar-refractivity contribution is 0.355. The monoisotopic (exact) mass is 409 g/mol. The molecule has 0 aliphatic rings. The maximum atomic E-state index is 13.5. The van der Waals surface area contributed by atoms with Crippen LogP contribution in [0, 0.1) is 5.82 Å². The lowest BCUT2D eigenvalue weighted by atomic mass is 10.1. The Morgan fingerprint density at radius 3 is 2.45 bits per heavy atom. The van der Waals surface area contributed by atoms with Gasteiger partial charge in [-0.1, -0.05) is 23.7 Å². The molecule has 4 nitrogen and oxygen atoms in total. The molecular weight excluding hydrogens is 393 g/mol. The third kappa shape index (κ3) is 3.82. The van der Waals surface area contributed by atoms with Gasteiger partial charge in [0.05, 0.1) is 30.3 Å². The minimum Gasteiger partial charge on any atom is -0.493 e. The van der Waals surface area contributed by atoms with E-state index in [1.165, 1.54) is 12.1 Å². The maximum absolute atomic E-state index is 13.5. The van der Waals surface area contributed by atoms with Crippen molar-refractivity contribution >= 4 is 28.3 Å². The fourth-order valence-corrected chi connectivity index (χ4v) is 3.21. The molecular formula is C23H17ClFNO3. The van der Waals surface area contributed by atoms with Gasteiger partial charge in [-0.05, 0) is 48.5 Å². The normalized spacial score (nSPS) is 11.7. The minimum absolute atomic E-state index is 0.0243. The van der Waals surface area contributed by atoms with Gasteiger partial charge < -0.3 is 13.9 Å². The summed E-state index contributed by atoms with van der Waals surface area (Å²) in [7, 11) is 3.17. The molecule has 0 saturated heterocycles. The number of para-hydroxylation sites is 1. The van der Waals surface area contributed by atoms with Crippen molar-refractivity contribution in [1.29, 1.82) is 0 Å². The summed E-state index contributed by atoms with van der Waals surface area (Å²) >= 11 is 5.91. The second-order valence-corrected chi connectivity index (χ2v) is 6.68. The molecule has 0 fully saturated rings. The number of benzene rings is 3. The molecule has 0 bridgehead atoms. The first-order valence-electron chi connectivity index (χ1n) is 8.84. The molecule has 29 heavy (non-hydrogen) atoms. The van der Waals surface area contributed by atoms with Crippen LogP contribution >= 0.6 is 11.6 Å². The Hall–Kier alpha value is -3.31. The van der Waals surface area contributed by atoms with Crippen molar-refractivity contribution in [2.45, 2.75) is 0 Å². The number of hydrogen-bond donors (Lipinski definition) is 0. The van der Waals surface area contributed by atoms with E-state index in [0.717, 1.165) is 10.9 Å². The van der Waals surface area contributed by atoms with E-state index in [-0.39, 0.29) is 5.02 Å². The van der Waals surface area contributed by atoms with Crippen LogP contribution in [0.5, 0.6) is 11.5 Å². The second-order valence-electron chi connectivity index (χ2n) is 6.27. The summed E-state index contributed by atoms with van der Waals surface area (Å²) in [6.45, 7) is 0. The summed E-state index contributed by atoms with van der Waals surface area (Å²) in [6.07, 6.45) is 0. The van der Waals surface area contributed by atoms with E-state index in [4.69, 9.17) is 25.5 Å². The van der Waals surface area contributed by atoms with Crippen molar-refractivity contribution in [2.24, 2.45) is 4.99 Å². The van der Waals surface area contributed by atoms with Crippen LogP contribution in [-0.2, 0) is 0 Å². The largest absolute Gasteiger partial charge is 0.493 e. The van der Waals surface area contributed by atoms with E-state index in [2.05, 4.69) is 4.99 Å². The molecule has 0 radical (unpaired) electrons. The second kappa shape index (κ2) is 7.97. The van der Waals surface area contributed by atoms with E-state index in [0.29, 0.717) is 33.9 Å². The molecule has 3 aromatic carbocycles. The van der Waals surface area contributed by atoms with Crippen molar-refractivity contribution < 1.29 is 18.3 Å². The molecule has 146 valence electrons. The van der Waals surface area contributed by atoms with Gasteiger partial charge in [0.15, 0.2) is 11.5 Å². The van der Waals surface area contributed by atoms with Crippen molar-refractivity contribution in [3.05, 3.63) is 82.9 Å². The number of rotatable bonds is 4. The molecule has 0 atom stereocenters. The first-order chi connectivity index (χ1) is 14.1. The highest BCUT2D eigenvalue weighted by Crippen LogP contribution is 2.33. The predicted molar refractivity (Wildman–Crippen MR) is 111 cm³/mol. The molecule has 0 saturated carbocycles. The van der Waals surface area contributed by atoms with Gasteiger partial charge in [-0.2, -0.15) is 0 Å². The number of halogens is 2. The number of ether oxygens (including phenoxy) is 2. The zero-order chi connectivity index (χ0) is 20.4. The Kier molecular flexibility index (Phi) is 5.23. The molecule has 1 aromatic heterocycles. The zero-order valence-corrected chi connectivity index (χ0v) is 16.5. The van der Waals surface area contributed by atoms with Gasteiger partial charge in [-0.3, -0.25) is 0 Å². The SMILES string of the molecule is COc1ccc(-c2cc(=Nc3ccc(F)c(Cl)c3)c3ccccc3o2)cc1OC. The fraction of sp³-hybridized carbons (Fsp3) is 0.0870. The molecule has 0 spiro atoms. The van der Waals surface area contributed by atoms with Crippen molar-refractivity contribution in [2.75, 3.05) is 14.2 Å². The topological polar surface area (TPSA) is 44.0 Å². The van der Waals surface area contributed by atoms with Gasteiger partial charge in [-0.15, -0.1) is 0 Å². The van der Waals surface area contributed by atoms with Gasteiger partial charge in [0, 0.05) is 17.0 Å². The van der Waals surface area contributed by atoms with Crippen molar-refractivity contribution in [3.63, 3.8) is 0 Å². The molecule has 0 aliphatic carbocycles. The lowest BCUT2D eigenvalue weighted by Gasteiger charge is -2.10. The first-order valence-corrected chi connectivity index (χ1v) is 9.22. The summed E-state index contributed by atoms with van der Waals surface area (Å²) in [5.74, 6) is 1.35. The highest BCUT2D eigenvalue weighted by molar-refractivity contribution is 6.31.